The highest BCUT2D eigenvalue weighted by Gasteiger charge is 2.13. The van der Waals surface area contributed by atoms with Crippen molar-refractivity contribution in [3.63, 3.8) is 0 Å². The molecule has 1 aliphatic rings. The normalized spacial score (nSPS) is 15.5. The van der Waals surface area contributed by atoms with Crippen LogP contribution in [0.3, 0.4) is 0 Å². The molecule has 140 valence electrons. The molecule has 1 saturated heterocycles. The van der Waals surface area contributed by atoms with Crippen molar-refractivity contribution in [1.82, 2.24) is 14.8 Å². The number of benzene rings is 1. The lowest BCUT2D eigenvalue weighted by Gasteiger charge is -2.28. The molecule has 0 aliphatic carbocycles. The number of hydrogen-bond donors (Lipinski definition) is 0. The summed E-state index contributed by atoms with van der Waals surface area (Å²) in [5.74, 6) is -1.07. The average molecular weight is 361 g/mol. The van der Waals surface area contributed by atoms with Crippen LogP contribution in [0.2, 0.25) is 0 Å². The summed E-state index contributed by atoms with van der Waals surface area (Å²) in [7, 11) is 0. The van der Waals surface area contributed by atoms with Crippen molar-refractivity contribution >= 4 is 0 Å². The molecular weight excluding hydrogens is 336 g/mol. The largest absolute Gasteiger partial charge is 0.379 e. The Balaban J connectivity index is 1.60. The first kappa shape index (κ1) is 18.9. The molecule has 1 aliphatic heterocycles. The Bertz CT molecular complexity index is 658. The molecule has 0 spiro atoms. The molecule has 2 aromatic rings. The Labute approximate surface area is 153 Å². The van der Waals surface area contributed by atoms with E-state index in [1.54, 1.807) is 6.20 Å². The van der Waals surface area contributed by atoms with Gasteiger partial charge in [0.25, 0.3) is 0 Å². The summed E-state index contributed by atoms with van der Waals surface area (Å²) in [6.45, 7) is 6.59. The molecule has 0 amide bonds. The third-order valence-electron chi connectivity index (χ3n) is 4.51. The molecule has 1 fully saturated rings. The Morgan fingerprint density at radius 2 is 1.77 bits per heavy atom. The zero-order valence-electron chi connectivity index (χ0n) is 14.9. The van der Waals surface area contributed by atoms with Crippen LogP contribution < -0.4 is 0 Å². The van der Waals surface area contributed by atoms with E-state index in [9.17, 15) is 8.78 Å². The highest BCUT2D eigenvalue weighted by atomic mass is 19.1. The summed E-state index contributed by atoms with van der Waals surface area (Å²) < 4.78 is 32.4. The van der Waals surface area contributed by atoms with Gasteiger partial charge in [0.1, 0.15) is 11.6 Å². The molecule has 0 unspecified atom stereocenters. The van der Waals surface area contributed by atoms with Gasteiger partial charge in [-0.3, -0.25) is 14.8 Å². The Hall–Kier alpha value is -1.89. The monoisotopic (exact) mass is 361 g/mol. The van der Waals surface area contributed by atoms with Crippen molar-refractivity contribution in [2.45, 2.75) is 19.5 Å². The van der Waals surface area contributed by atoms with E-state index in [1.807, 2.05) is 18.3 Å². The Morgan fingerprint density at radius 3 is 2.46 bits per heavy atom. The zero-order chi connectivity index (χ0) is 18.2. The molecule has 0 bridgehead atoms. The zero-order valence-corrected chi connectivity index (χ0v) is 14.9. The van der Waals surface area contributed by atoms with Crippen LogP contribution in [0.4, 0.5) is 8.78 Å². The van der Waals surface area contributed by atoms with E-state index in [0.29, 0.717) is 18.7 Å². The third-order valence-corrected chi connectivity index (χ3v) is 4.51. The van der Waals surface area contributed by atoms with Crippen LogP contribution >= 0.6 is 0 Å². The minimum Gasteiger partial charge on any atom is -0.379 e. The molecule has 6 heteroatoms. The number of rotatable bonds is 8. The second kappa shape index (κ2) is 9.71. The van der Waals surface area contributed by atoms with Gasteiger partial charge in [-0.25, -0.2) is 8.78 Å². The number of aromatic nitrogens is 1. The minimum absolute atomic E-state index is 0.507. The van der Waals surface area contributed by atoms with Crippen molar-refractivity contribution in [2.24, 2.45) is 0 Å². The molecule has 1 aromatic carbocycles. The van der Waals surface area contributed by atoms with E-state index in [0.717, 1.165) is 57.4 Å². The fraction of sp³-hybridized carbons (Fsp3) is 0.450. The van der Waals surface area contributed by atoms with Crippen molar-refractivity contribution in [3.05, 3.63) is 65.5 Å². The van der Waals surface area contributed by atoms with E-state index < -0.39 is 11.6 Å². The van der Waals surface area contributed by atoms with E-state index in [-0.39, 0.29) is 0 Å². The summed E-state index contributed by atoms with van der Waals surface area (Å²) in [4.78, 5) is 8.77. The van der Waals surface area contributed by atoms with E-state index in [1.165, 1.54) is 12.1 Å². The van der Waals surface area contributed by atoms with Gasteiger partial charge in [-0.15, -0.1) is 0 Å². The van der Waals surface area contributed by atoms with E-state index >= 15 is 0 Å². The quantitative estimate of drug-likeness (QED) is 0.722. The standard InChI is InChI=1S/C20H25F2N3O/c21-19-11-18(12-20(22)13-19)16-25(15-17-3-1-4-23-14-17)6-2-5-24-7-9-26-10-8-24/h1,3-4,11-14H,2,5-10,15-16H2. The van der Waals surface area contributed by atoms with Gasteiger partial charge in [-0.2, -0.15) is 0 Å². The van der Waals surface area contributed by atoms with Gasteiger partial charge in [-0.05, 0) is 42.3 Å². The predicted molar refractivity (Wildman–Crippen MR) is 96.6 cm³/mol. The maximum atomic E-state index is 13.5. The van der Waals surface area contributed by atoms with Crippen LogP contribution in [0, 0.1) is 11.6 Å². The van der Waals surface area contributed by atoms with Crippen molar-refractivity contribution in [3.8, 4) is 0 Å². The first-order chi connectivity index (χ1) is 12.7. The van der Waals surface area contributed by atoms with Crippen LogP contribution in [0.5, 0.6) is 0 Å². The van der Waals surface area contributed by atoms with Crippen molar-refractivity contribution in [1.29, 1.82) is 0 Å². The fourth-order valence-corrected chi connectivity index (χ4v) is 3.27. The number of halogens is 2. The molecule has 1 aromatic heterocycles. The summed E-state index contributed by atoms with van der Waals surface area (Å²) in [6, 6.07) is 7.65. The SMILES string of the molecule is Fc1cc(F)cc(CN(CCCN2CCOCC2)Cc2cccnc2)c1. The first-order valence-electron chi connectivity index (χ1n) is 9.05. The minimum atomic E-state index is -0.533. The Morgan fingerprint density at radius 1 is 1.04 bits per heavy atom. The summed E-state index contributed by atoms with van der Waals surface area (Å²) in [5, 5.41) is 0. The van der Waals surface area contributed by atoms with Gasteiger partial charge < -0.3 is 4.74 Å². The maximum Gasteiger partial charge on any atom is 0.126 e. The molecule has 0 saturated carbocycles. The lowest BCUT2D eigenvalue weighted by Crippen LogP contribution is -2.38. The highest BCUT2D eigenvalue weighted by molar-refractivity contribution is 5.18. The number of ether oxygens (including phenoxy) is 1. The second-order valence-electron chi connectivity index (χ2n) is 6.66. The van der Waals surface area contributed by atoms with Gasteiger partial charge in [0.05, 0.1) is 13.2 Å². The molecule has 0 atom stereocenters. The summed E-state index contributed by atoms with van der Waals surface area (Å²) in [5.41, 5.74) is 1.74. The lowest BCUT2D eigenvalue weighted by molar-refractivity contribution is 0.0359. The van der Waals surface area contributed by atoms with Crippen LogP contribution in [0.25, 0.3) is 0 Å². The number of nitrogens with zero attached hydrogens (tertiary/aromatic N) is 3. The van der Waals surface area contributed by atoms with Gasteiger partial charge in [-0.1, -0.05) is 6.07 Å². The fourth-order valence-electron chi connectivity index (χ4n) is 3.27. The second-order valence-corrected chi connectivity index (χ2v) is 6.66. The number of morpholine rings is 1. The average Bonchev–Trinajstić information content (AvgIpc) is 2.62. The number of hydrogen-bond acceptors (Lipinski definition) is 4. The maximum absolute atomic E-state index is 13.5. The highest BCUT2D eigenvalue weighted by Crippen LogP contribution is 2.14. The Kier molecular flexibility index (Phi) is 7.05. The summed E-state index contributed by atoms with van der Waals surface area (Å²) in [6.07, 6.45) is 4.58. The summed E-state index contributed by atoms with van der Waals surface area (Å²) >= 11 is 0. The third kappa shape index (κ3) is 6.12. The van der Waals surface area contributed by atoms with E-state index in [4.69, 9.17) is 4.74 Å². The van der Waals surface area contributed by atoms with Crippen molar-refractivity contribution < 1.29 is 13.5 Å². The smallest absolute Gasteiger partial charge is 0.126 e. The van der Waals surface area contributed by atoms with Crippen LogP contribution in [0.15, 0.2) is 42.7 Å². The van der Waals surface area contributed by atoms with Gasteiger partial charge in [0, 0.05) is 51.2 Å². The molecule has 2 heterocycles. The molecular formula is C20H25F2N3O. The van der Waals surface area contributed by atoms with Gasteiger partial charge in [0.2, 0.25) is 0 Å². The van der Waals surface area contributed by atoms with Crippen LogP contribution in [-0.4, -0.2) is 54.2 Å². The van der Waals surface area contributed by atoms with E-state index in [2.05, 4.69) is 14.8 Å². The number of pyridine rings is 1. The van der Waals surface area contributed by atoms with Gasteiger partial charge >= 0.3 is 0 Å². The topological polar surface area (TPSA) is 28.6 Å². The molecule has 0 radical (unpaired) electrons. The molecule has 0 N–H and O–H groups in total. The first-order valence-corrected chi connectivity index (χ1v) is 9.05. The van der Waals surface area contributed by atoms with Crippen LogP contribution in [-0.2, 0) is 17.8 Å². The molecule has 26 heavy (non-hydrogen) atoms. The molecule has 3 rings (SSSR count). The van der Waals surface area contributed by atoms with Gasteiger partial charge in [0.15, 0.2) is 0 Å². The predicted octanol–water partition coefficient (Wildman–Crippen LogP) is 3.08. The van der Waals surface area contributed by atoms with Crippen molar-refractivity contribution in [2.75, 3.05) is 39.4 Å². The molecule has 4 nitrogen and oxygen atoms in total. The van der Waals surface area contributed by atoms with Crippen LogP contribution in [0.1, 0.15) is 17.5 Å². The lowest BCUT2D eigenvalue weighted by atomic mass is 10.1.